The molecule has 1 aromatic carbocycles. The molecule has 0 radical (unpaired) electrons. The Bertz CT molecular complexity index is 280. The molecule has 1 aromatic rings. The summed E-state index contributed by atoms with van der Waals surface area (Å²) in [6.07, 6.45) is 0. The molecule has 0 spiro atoms. The Morgan fingerprint density at radius 1 is 1.15 bits per heavy atom. The highest BCUT2D eigenvalue weighted by atomic mass is 35.5. The predicted molar refractivity (Wildman–Crippen MR) is 60.1 cm³/mol. The molecule has 1 rings (SSSR count). The molecule has 0 saturated heterocycles. The van der Waals surface area contributed by atoms with Gasteiger partial charge in [-0.15, -0.1) is 24.8 Å². The van der Waals surface area contributed by atoms with Crippen molar-refractivity contribution in [2.75, 3.05) is 0 Å². The van der Waals surface area contributed by atoms with E-state index in [1.807, 2.05) is 18.2 Å². The molecule has 13 heavy (non-hydrogen) atoms. The number of carbonyl (C=O) groups is 1. The number of hydrogen-bond acceptors (Lipinski definition) is 1. The van der Waals surface area contributed by atoms with Gasteiger partial charge in [-0.3, -0.25) is 4.79 Å². The van der Waals surface area contributed by atoms with Crippen molar-refractivity contribution in [1.82, 2.24) is 0 Å². The van der Waals surface area contributed by atoms with Crippen LogP contribution in [0.3, 0.4) is 0 Å². The lowest BCUT2D eigenvalue weighted by atomic mass is 10.1. The highest BCUT2D eigenvalue weighted by molar-refractivity contribution is 6.07. The van der Waals surface area contributed by atoms with Crippen molar-refractivity contribution < 1.29 is 4.79 Å². The second-order valence-electron chi connectivity index (χ2n) is 2.48. The van der Waals surface area contributed by atoms with Crippen LogP contribution in [0.15, 0.2) is 42.5 Å². The maximum atomic E-state index is 11.2. The number of Topliss-reactive ketones (excluding diaryl/α,β-unsaturated/α-hetero) is 1. The lowest BCUT2D eigenvalue weighted by Crippen LogP contribution is -1.97. The minimum atomic E-state index is 0. The van der Waals surface area contributed by atoms with Crippen LogP contribution in [0.5, 0.6) is 0 Å². The zero-order chi connectivity index (χ0) is 8.27. The lowest BCUT2D eigenvalue weighted by Gasteiger charge is -1.96. The molecule has 3 heteroatoms. The molecular weight excluding hydrogens is 207 g/mol. The van der Waals surface area contributed by atoms with Gasteiger partial charge in [-0.1, -0.05) is 36.9 Å². The molecule has 0 aliphatic heterocycles. The summed E-state index contributed by atoms with van der Waals surface area (Å²) in [5, 5.41) is 0. The van der Waals surface area contributed by atoms with Crippen molar-refractivity contribution in [2.24, 2.45) is 0 Å². The topological polar surface area (TPSA) is 17.1 Å². The predicted octanol–water partition coefficient (Wildman–Crippen LogP) is 3.29. The van der Waals surface area contributed by atoms with Crippen LogP contribution in [0, 0.1) is 0 Å². The fourth-order valence-corrected chi connectivity index (χ4v) is 0.836. The third-order valence-electron chi connectivity index (χ3n) is 1.42. The van der Waals surface area contributed by atoms with E-state index in [1.54, 1.807) is 19.1 Å². The smallest absolute Gasteiger partial charge is 0.188 e. The van der Waals surface area contributed by atoms with Gasteiger partial charge in [0.1, 0.15) is 0 Å². The molecule has 0 aliphatic carbocycles. The summed E-state index contributed by atoms with van der Waals surface area (Å²) in [7, 11) is 0. The molecule has 0 aliphatic rings. The van der Waals surface area contributed by atoms with E-state index in [0.717, 1.165) is 0 Å². The van der Waals surface area contributed by atoms with Crippen molar-refractivity contribution >= 4 is 30.6 Å². The van der Waals surface area contributed by atoms with Gasteiger partial charge in [0, 0.05) is 5.56 Å². The number of carbonyl (C=O) groups excluding carboxylic acids is 1. The fraction of sp³-hybridized carbons (Fsp3) is 0.100. The highest BCUT2D eigenvalue weighted by Crippen LogP contribution is 2.04. The normalized spacial score (nSPS) is 7.77. The fourth-order valence-electron chi connectivity index (χ4n) is 0.836. The first-order chi connectivity index (χ1) is 5.22. The van der Waals surface area contributed by atoms with E-state index in [0.29, 0.717) is 11.1 Å². The van der Waals surface area contributed by atoms with Crippen molar-refractivity contribution in [3.63, 3.8) is 0 Å². The maximum absolute atomic E-state index is 11.2. The van der Waals surface area contributed by atoms with Crippen LogP contribution < -0.4 is 0 Å². The minimum Gasteiger partial charge on any atom is -0.289 e. The van der Waals surface area contributed by atoms with E-state index in [1.165, 1.54) is 0 Å². The van der Waals surface area contributed by atoms with Gasteiger partial charge in [-0.25, -0.2) is 0 Å². The first-order valence-corrected chi connectivity index (χ1v) is 3.47. The standard InChI is InChI=1S/C10H10O.2ClH/c1-8(2)10(11)9-6-4-3-5-7-9;;/h3-7H,1H2,2H3;2*1H. The van der Waals surface area contributed by atoms with Crippen LogP contribution in [0.1, 0.15) is 17.3 Å². The van der Waals surface area contributed by atoms with E-state index in [-0.39, 0.29) is 30.6 Å². The SMILES string of the molecule is C=C(C)C(=O)c1ccccc1.Cl.Cl. The van der Waals surface area contributed by atoms with Gasteiger partial charge in [0.15, 0.2) is 5.78 Å². The average molecular weight is 219 g/mol. The maximum Gasteiger partial charge on any atom is 0.188 e. The summed E-state index contributed by atoms with van der Waals surface area (Å²) in [4.78, 5) is 11.2. The Hall–Kier alpha value is -0.790. The third kappa shape index (κ3) is 4.11. The number of halogens is 2. The number of benzene rings is 1. The summed E-state index contributed by atoms with van der Waals surface area (Å²) in [6, 6.07) is 9.15. The molecule has 1 nitrogen and oxygen atoms in total. The summed E-state index contributed by atoms with van der Waals surface area (Å²) in [5.74, 6) is 0.0191. The summed E-state index contributed by atoms with van der Waals surface area (Å²) >= 11 is 0. The molecular formula is C10H12Cl2O. The molecule has 72 valence electrons. The van der Waals surface area contributed by atoms with E-state index in [4.69, 9.17) is 0 Å². The molecule has 0 heterocycles. The molecule has 0 N–H and O–H groups in total. The van der Waals surface area contributed by atoms with Gasteiger partial charge in [0.25, 0.3) is 0 Å². The number of hydrogen-bond donors (Lipinski definition) is 0. The van der Waals surface area contributed by atoms with Crippen molar-refractivity contribution in [1.29, 1.82) is 0 Å². The van der Waals surface area contributed by atoms with Gasteiger partial charge in [-0.2, -0.15) is 0 Å². The Balaban J connectivity index is 0. The summed E-state index contributed by atoms with van der Waals surface area (Å²) in [6.45, 7) is 5.30. The van der Waals surface area contributed by atoms with E-state index in [2.05, 4.69) is 6.58 Å². The molecule has 0 aromatic heterocycles. The third-order valence-corrected chi connectivity index (χ3v) is 1.42. The molecule has 0 saturated carbocycles. The zero-order valence-corrected chi connectivity index (χ0v) is 8.95. The molecule has 0 unspecified atom stereocenters. The van der Waals surface area contributed by atoms with Gasteiger partial charge in [0.05, 0.1) is 0 Å². The zero-order valence-electron chi connectivity index (χ0n) is 7.32. The van der Waals surface area contributed by atoms with E-state index in [9.17, 15) is 4.79 Å². The first kappa shape index (κ1) is 14.7. The van der Waals surface area contributed by atoms with Crippen LogP contribution >= 0.6 is 24.8 Å². The van der Waals surface area contributed by atoms with E-state index >= 15 is 0 Å². The Morgan fingerprint density at radius 3 is 2.00 bits per heavy atom. The van der Waals surface area contributed by atoms with Crippen molar-refractivity contribution in [2.45, 2.75) is 6.92 Å². The van der Waals surface area contributed by atoms with Gasteiger partial charge < -0.3 is 0 Å². The van der Waals surface area contributed by atoms with E-state index < -0.39 is 0 Å². The van der Waals surface area contributed by atoms with Crippen LogP contribution in [0.4, 0.5) is 0 Å². The van der Waals surface area contributed by atoms with Gasteiger partial charge >= 0.3 is 0 Å². The molecule has 0 atom stereocenters. The van der Waals surface area contributed by atoms with Gasteiger partial charge in [0.2, 0.25) is 0 Å². The lowest BCUT2D eigenvalue weighted by molar-refractivity contribution is 0.103. The minimum absolute atomic E-state index is 0. The monoisotopic (exact) mass is 218 g/mol. The van der Waals surface area contributed by atoms with Crippen LogP contribution in [-0.4, -0.2) is 5.78 Å². The van der Waals surface area contributed by atoms with Crippen molar-refractivity contribution in [3.8, 4) is 0 Å². The number of ketones is 1. The highest BCUT2D eigenvalue weighted by Gasteiger charge is 2.03. The number of allylic oxidation sites excluding steroid dienone is 1. The molecule has 0 bridgehead atoms. The second kappa shape index (κ2) is 6.70. The number of rotatable bonds is 2. The molecule has 0 amide bonds. The van der Waals surface area contributed by atoms with Crippen LogP contribution in [-0.2, 0) is 0 Å². The summed E-state index contributed by atoms with van der Waals surface area (Å²) < 4.78 is 0. The second-order valence-corrected chi connectivity index (χ2v) is 2.48. The van der Waals surface area contributed by atoms with Crippen molar-refractivity contribution in [3.05, 3.63) is 48.0 Å². The first-order valence-electron chi connectivity index (χ1n) is 3.47. The molecule has 0 fully saturated rings. The Morgan fingerprint density at radius 2 is 1.62 bits per heavy atom. The Kier molecular flexibility index (Phi) is 7.58. The summed E-state index contributed by atoms with van der Waals surface area (Å²) in [5.41, 5.74) is 1.29. The average Bonchev–Trinajstić information content (AvgIpc) is 2.05. The van der Waals surface area contributed by atoms with Crippen LogP contribution in [0.2, 0.25) is 0 Å². The quantitative estimate of drug-likeness (QED) is 0.551. The Labute approximate surface area is 90.7 Å². The largest absolute Gasteiger partial charge is 0.289 e. The van der Waals surface area contributed by atoms with Gasteiger partial charge in [-0.05, 0) is 12.5 Å². The van der Waals surface area contributed by atoms with Crippen LogP contribution in [0.25, 0.3) is 0 Å².